The van der Waals surface area contributed by atoms with Crippen molar-refractivity contribution in [2.24, 2.45) is 0 Å². The van der Waals surface area contributed by atoms with Crippen LogP contribution in [0.5, 0.6) is 0 Å². The molecule has 0 bridgehead atoms. The molecule has 2 nitrogen and oxygen atoms in total. The lowest BCUT2D eigenvalue weighted by atomic mass is 10.0. The van der Waals surface area contributed by atoms with Gasteiger partial charge in [-0.05, 0) is 30.3 Å². The van der Waals surface area contributed by atoms with E-state index < -0.39 is 0 Å². The fourth-order valence-corrected chi connectivity index (χ4v) is 6.70. The van der Waals surface area contributed by atoms with Crippen LogP contribution in [0.15, 0.2) is 109 Å². The first-order valence-corrected chi connectivity index (χ1v) is 12.3. The van der Waals surface area contributed by atoms with E-state index in [-0.39, 0.29) is 0 Å². The molecule has 0 fully saturated rings. The Morgan fingerprint density at radius 2 is 1.21 bits per heavy atom. The third-order valence-electron chi connectivity index (χ3n) is 6.98. The summed E-state index contributed by atoms with van der Waals surface area (Å²) in [5.74, 6) is 0.953. The third-order valence-corrected chi connectivity index (χ3v) is 8.20. The molecule has 0 saturated carbocycles. The summed E-state index contributed by atoms with van der Waals surface area (Å²) in [4.78, 5) is 5.09. The molecule has 0 saturated heterocycles. The summed E-state index contributed by atoms with van der Waals surface area (Å²) in [5, 5.41) is 8.91. The van der Waals surface area contributed by atoms with E-state index in [1.54, 1.807) is 0 Å². The van der Waals surface area contributed by atoms with Crippen LogP contribution in [0.1, 0.15) is 0 Å². The lowest BCUT2D eigenvalue weighted by molar-refractivity contribution is 1.11. The molecule has 3 heterocycles. The van der Waals surface area contributed by atoms with Crippen molar-refractivity contribution in [2.75, 3.05) is 0 Å². The zero-order valence-electron chi connectivity index (χ0n) is 18.2. The average Bonchev–Trinajstić information content (AvgIpc) is 3.44. The Morgan fingerprint density at radius 1 is 0.529 bits per heavy atom. The quantitative estimate of drug-likeness (QED) is 0.244. The van der Waals surface area contributed by atoms with Crippen LogP contribution in [0.2, 0.25) is 0 Å². The van der Waals surface area contributed by atoms with Crippen LogP contribution in [0.3, 0.4) is 0 Å². The van der Waals surface area contributed by atoms with Gasteiger partial charge in [-0.15, -0.1) is 11.3 Å². The molecule has 34 heavy (non-hydrogen) atoms. The zero-order chi connectivity index (χ0) is 22.2. The summed E-state index contributed by atoms with van der Waals surface area (Å²) >= 11 is 1.89. The molecule has 0 unspecified atom stereocenters. The van der Waals surface area contributed by atoms with Gasteiger partial charge in [0.2, 0.25) is 0 Å². The lowest BCUT2D eigenvalue weighted by Gasteiger charge is -2.10. The molecular weight excluding hydrogens is 432 g/mol. The summed E-state index contributed by atoms with van der Waals surface area (Å²) in [6, 6.07) is 39.2. The van der Waals surface area contributed by atoms with E-state index in [4.69, 9.17) is 4.98 Å². The van der Waals surface area contributed by atoms with E-state index in [0.717, 1.165) is 16.7 Å². The molecular formula is C31H18N2S. The molecule has 0 N–H and O–H groups in total. The first-order valence-electron chi connectivity index (χ1n) is 11.5. The number of aromatic nitrogens is 2. The summed E-state index contributed by atoms with van der Waals surface area (Å²) in [5.41, 5.74) is 3.42. The molecule has 0 radical (unpaired) electrons. The van der Waals surface area contributed by atoms with Crippen LogP contribution in [-0.2, 0) is 0 Å². The molecule has 0 atom stereocenters. The number of nitrogens with zero attached hydrogens (tertiary/aromatic N) is 2. The van der Waals surface area contributed by atoms with Gasteiger partial charge in [0, 0.05) is 47.1 Å². The number of thiophene rings is 1. The minimum Gasteiger partial charge on any atom is -0.293 e. The van der Waals surface area contributed by atoms with E-state index in [1.165, 1.54) is 52.8 Å². The lowest BCUT2D eigenvalue weighted by Crippen LogP contribution is -1.98. The largest absolute Gasteiger partial charge is 0.293 e. The number of fused-ring (bicyclic) bond motifs is 10. The smallest absolute Gasteiger partial charge is 0.138 e. The maximum Gasteiger partial charge on any atom is 0.138 e. The summed E-state index contributed by atoms with van der Waals surface area (Å²) in [6.07, 6.45) is 0. The van der Waals surface area contributed by atoms with Crippen molar-refractivity contribution in [2.45, 2.75) is 0 Å². The standard InChI is InChI=1S/C31H18N2S/c1-4-10-26-19(7-1)13-18-29(32-26)33-27-11-5-2-8-20(27)22-14-17-25-23(30(22)33)15-16-24-21-9-3-6-12-28(21)34-31(24)25/h1-18H. The molecule has 0 aliphatic heterocycles. The predicted octanol–water partition coefficient (Wildman–Crippen LogP) is 8.85. The fraction of sp³-hybridized carbons (Fsp3) is 0. The molecule has 8 aromatic rings. The molecule has 3 heteroatoms. The Balaban J connectivity index is 1.57. The number of para-hydroxylation sites is 2. The first-order chi connectivity index (χ1) is 16.9. The Labute approximate surface area is 199 Å². The van der Waals surface area contributed by atoms with E-state index in [0.29, 0.717) is 0 Å². The maximum atomic E-state index is 5.09. The Kier molecular flexibility index (Phi) is 3.57. The van der Waals surface area contributed by atoms with Crippen LogP contribution in [0, 0.1) is 0 Å². The number of hydrogen-bond acceptors (Lipinski definition) is 2. The van der Waals surface area contributed by atoms with Gasteiger partial charge in [0.15, 0.2) is 0 Å². The first kappa shape index (κ1) is 18.2. The minimum atomic E-state index is 0.953. The van der Waals surface area contributed by atoms with Crippen molar-refractivity contribution in [3.8, 4) is 5.82 Å². The van der Waals surface area contributed by atoms with Crippen molar-refractivity contribution in [3.05, 3.63) is 109 Å². The Morgan fingerprint density at radius 3 is 2.12 bits per heavy atom. The summed E-state index contributed by atoms with van der Waals surface area (Å²) < 4.78 is 5.03. The highest BCUT2D eigenvalue weighted by atomic mass is 32.1. The normalized spacial score (nSPS) is 12.1. The van der Waals surface area contributed by atoms with Crippen LogP contribution >= 0.6 is 11.3 Å². The van der Waals surface area contributed by atoms with Gasteiger partial charge < -0.3 is 0 Å². The molecule has 158 valence electrons. The third kappa shape index (κ3) is 2.37. The van der Waals surface area contributed by atoms with Gasteiger partial charge >= 0.3 is 0 Å². The zero-order valence-corrected chi connectivity index (χ0v) is 19.0. The molecule has 0 aliphatic rings. The van der Waals surface area contributed by atoms with E-state index >= 15 is 0 Å². The van der Waals surface area contributed by atoms with Gasteiger partial charge in [0.25, 0.3) is 0 Å². The molecule has 8 rings (SSSR count). The maximum absolute atomic E-state index is 5.09. The van der Waals surface area contributed by atoms with Gasteiger partial charge in [0.05, 0.1) is 16.6 Å². The van der Waals surface area contributed by atoms with Crippen molar-refractivity contribution in [1.29, 1.82) is 0 Å². The summed E-state index contributed by atoms with van der Waals surface area (Å²) in [7, 11) is 0. The van der Waals surface area contributed by atoms with Crippen molar-refractivity contribution in [3.63, 3.8) is 0 Å². The highest BCUT2D eigenvalue weighted by Gasteiger charge is 2.17. The second kappa shape index (κ2) is 6.66. The van der Waals surface area contributed by atoms with Crippen molar-refractivity contribution < 1.29 is 0 Å². The molecule has 5 aromatic carbocycles. The van der Waals surface area contributed by atoms with Gasteiger partial charge in [0.1, 0.15) is 5.82 Å². The second-order valence-corrected chi connectivity index (χ2v) is 9.86. The number of pyridine rings is 1. The molecule has 0 spiro atoms. The highest BCUT2D eigenvalue weighted by Crippen LogP contribution is 2.42. The van der Waals surface area contributed by atoms with E-state index in [9.17, 15) is 0 Å². The van der Waals surface area contributed by atoms with Crippen molar-refractivity contribution >= 4 is 75.0 Å². The van der Waals surface area contributed by atoms with Crippen LogP contribution in [-0.4, -0.2) is 9.55 Å². The monoisotopic (exact) mass is 450 g/mol. The SMILES string of the molecule is c1ccc2nc(-n3c4ccccc4c4ccc5c(ccc6c7ccccc7sc65)c43)ccc2c1. The minimum absolute atomic E-state index is 0.953. The van der Waals surface area contributed by atoms with E-state index in [1.807, 2.05) is 11.3 Å². The second-order valence-electron chi connectivity index (χ2n) is 8.81. The average molecular weight is 451 g/mol. The molecule has 0 amide bonds. The summed E-state index contributed by atoms with van der Waals surface area (Å²) in [6.45, 7) is 0. The topological polar surface area (TPSA) is 17.8 Å². The van der Waals surface area contributed by atoms with Gasteiger partial charge in [-0.1, -0.05) is 78.9 Å². The van der Waals surface area contributed by atoms with Crippen LogP contribution in [0.4, 0.5) is 0 Å². The number of benzene rings is 5. The highest BCUT2D eigenvalue weighted by molar-refractivity contribution is 7.26. The van der Waals surface area contributed by atoms with Gasteiger partial charge in [-0.2, -0.15) is 0 Å². The van der Waals surface area contributed by atoms with Crippen molar-refractivity contribution in [1.82, 2.24) is 9.55 Å². The Hall–Kier alpha value is -4.21. The molecule has 3 aromatic heterocycles. The fourth-order valence-electron chi connectivity index (χ4n) is 5.47. The number of hydrogen-bond donors (Lipinski definition) is 0. The predicted molar refractivity (Wildman–Crippen MR) is 146 cm³/mol. The van der Waals surface area contributed by atoms with Gasteiger partial charge in [-0.3, -0.25) is 4.57 Å². The molecule has 0 aliphatic carbocycles. The van der Waals surface area contributed by atoms with Crippen LogP contribution in [0.25, 0.3) is 69.5 Å². The van der Waals surface area contributed by atoms with Crippen LogP contribution < -0.4 is 0 Å². The number of rotatable bonds is 1. The van der Waals surface area contributed by atoms with Gasteiger partial charge in [-0.25, -0.2) is 4.98 Å². The Bertz CT molecular complexity index is 2080. The van der Waals surface area contributed by atoms with E-state index in [2.05, 4.69) is 114 Å².